The molecule has 1 aromatic carbocycles. The minimum absolute atomic E-state index is 0.0473. The molecular weight excluding hydrogens is 284 g/mol. The molecule has 1 heterocycles. The van der Waals surface area contributed by atoms with Gasteiger partial charge in [-0.2, -0.15) is 0 Å². The minimum Gasteiger partial charge on any atom is -0.479 e. The van der Waals surface area contributed by atoms with Crippen molar-refractivity contribution in [3.05, 3.63) is 24.3 Å². The van der Waals surface area contributed by atoms with Crippen LogP contribution in [-0.2, 0) is 19.6 Å². The molecule has 0 radical (unpaired) electrons. The SMILES string of the molecule is NS(=O)(=O)c1ccc(NCC2CCC(C(=O)O)O2)cc1. The van der Waals surface area contributed by atoms with Crippen LogP contribution in [0.3, 0.4) is 0 Å². The molecule has 110 valence electrons. The third-order valence-electron chi connectivity index (χ3n) is 3.10. The lowest BCUT2D eigenvalue weighted by Gasteiger charge is -2.13. The Morgan fingerprint density at radius 3 is 2.50 bits per heavy atom. The largest absolute Gasteiger partial charge is 0.479 e. The van der Waals surface area contributed by atoms with Crippen molar-refractivity contribution in [3.8, 4) is 0 Å². The lowest BCUT2D eigenvalue weighted by atomic mass is 10.2. The number of benzene rings is 1. The van der Waals surface area contributed by atoms with E-state index in [9.17, 15) is 13.2 Å². The summed E-state index contributed by atoms with van der Waals surface area (Å²) < 4.78 is 27.5. The van der Waals surface area contributed by atoms with Crippen molar-refractivity contribution in [2.75, 3.05) is 11.9 Å². The van der Waals surface area contributed by atoms with Crippen molar-refractivity contribution in [3.63, 3.8) is 0 Å². The van der Waals surface area contributed by atoms with Crippen LogP contribution in [0.1, 0.15) is 12.8 Å². The number of primary sulfonamides is 1. The zero-order valence-electron chi connectivity index (χ0n) is 10.7. The predicted molar refractivity (Wildman–Crippen MR) is 71.8 cm³/mol. The van der Waals surface area contributed by atoms with Crippen molar-refractivity contribution in [2.45, 2.75) is 29.9 Å². The second kappa shape index (κ2) is 5.78. The highest BCUT2D eigenvalue weighted by atomic mass is 32.2. The number of sulfonamides is 1. The Kier molecular flexibility index (Phi) is 4.26. The number of carboxylic acids is 1. The average molecular weight is 300 g/mol. The second-order valence-electron chi connectivity index (χ2n) is 4.61. The highest BCUT2D eigenvalue weighted by molar-refractivity contribution is 7.89. The Morgan fingerprint density at radius 1 is 1.35 bits per heavy atom. The van der Waals surface area contributed by atoms with Crippen LogP contribution in [0.4, 0.5) is 5.69 Å². The Labute approximate surface area is 116 Å². The summed E-state index contributed by atoms with van der Waals surface area (Å²) in [6.07, 6.45) is 0.297. The van der Waals surface area contributed by atoms with Crippen LogP contribution in [0.15, 0.2) is 29.2 Å². The molecule has 7 nitrogen and oxygen atoms in total. The van der Waals surface area contributed by atoms with E-state index in [1.807, 2.05) is 0 Å². The van der Waals surface area contributed by atoms with Crippen molar-refractivity contribution in [1.29, 1.82) is 0 Å². The summed E-state index contributed by atoms with van der Waals surface area (Å²) >= 11 is 0. The predicted octanol–water partition coefficient (Wildman–Crippen LogP) is 0.378. The number of nitrogens with two attached hydrogens (primary N) is 1. The van der Waals surface area contributed by atoms with Crippen LogP contribution < -0.4 is 10.5 Å². The third kappa shape index (κ3) is 3.69. The number of rotatable bonds is 5. The Bertz CT molecular complexity index is 584. The van der Waals surface area contributed by atoms with E-state index in [0.29, 0.717) is 19.4 Å². The van der Waals surface area contributed by atoms with Crippen molar-refractivity contribution in [1.82, 2.24) is 0 Å². The fourth-order valence-electron chi connectivity index (χ4n) is 2.03. The van der Waals surface area contributed by atoms with Crippen LogP contribution >= 0.6 is 0 Å². The average Bonchev–Trinajstić information content (AvgIpc) is 2.85. The zero-order valence-corrected chi connectivity index (χ0v) is 11.5. The van der Waals surface area contributed by atoms with Gasteiger partial charge in [0.25, 0.3) is 0 Å². The van der Waals surface area contributed by atoms with E-state index in [4.69, 9.17) is 15.0 Å². The molecule has 20 heavy (non-hydrogen) atoms. The van der Waals surface area contributed by atoms with Crippen LogP contribution in [0.2, 0.25) is 0 Å². The van der Waals surface area contributed by atoms with Crippen LogP contribution in [0.25, 0.3) is 0 Å². The fraction of sp³-hybridized carbons (Fsp3) is 0.417. The van der Waals surface area contributed by atoms with Gasteiger partial charge in [0.1, 0.15) is 0 Å². The van der Waals surface area contributed by atoms with Gasteiger partial charge in [-0.3, -0.25) is 0 Å². The van der Waals surface area contributed by atoms with E-state index in [1.54, 1.807) is 12.1 Å². The molecule has 1 aromatic rings. The van der Waals surface area contributed by atoms with Gasteiger partial charge < -0.3 is 15.2 Å². The first kappa shape index (κ1) is 14.8. The molecule has 0 saturated carbocycles. The molecule has 2 atom stereocenters. The van der Waals surface area contributed by atoms with Crippen LogP contribution in [0, 0.1) is 0 Å². The molecule has 4 N–H and O–H groups in total. The normalized spacial score (nSPS) is 22.6. The number of carbonyl (C=O) groups is 1. The fourth-order valence-corrected chi connectivity index (χ4v) is 2.55. The molecule has 2 unspecified atom stereocenters. The Morgan fingerprint density at radius 2 is 2.00 bits per heavy atom. The molecular formula is C12H16N2O5S. The monoisotopic (exact) mass is 300 g/mol. The summed E-state index contributed by atoms with van der Waals surface area (Å²) in [5.41, 5.74) is 0.722. The molecule has 0 aromatic heterocycles. The number of aliphatic carboxylic acids is 1. The van der Waals surface area contributed by atoms with Gasteiger partial charge in [-0.1, -0.05) is 0 Å². The Hall–Kier alpha value is -1.64. The van der Waals surface area contributed by atoms with Gasteiger partial charge in [0.2, 0.25) is 10.0 Å². The van der Waals surface area contributed by atoms with E-state index < -0.39 is 22.1 Å². The number of ether oxygens (including phenoxy) is 1. The van der Waals surface area contributed by atoms with Gasteiger partial charge >= 0.3 is 5.97 Å². The highest BCUT2D eigenvalue weighted by Gasteiger charge is 2.30. The maximum atomic E-state index is 11.1. The van der Waals surface area contributed by atoms with Crippen LogP contribution in [0.5, 0.6) is 0 Å². The summed E-state index contributed by atoms with van der Waals surface area (Å²) in [5.74, 6) is -0.940. The van der Waals surface area contributed by atoms with E-state index in [1.165, 1.54) is 12.1 Å². The molecule has 1 aliphatic rings. The van der Waals surface area contributed by atoms with Gasteiger partial charge in [-0.05, 0) is 37.1 Å². The van der Waals surface area contributed by atoms with Crippen molar-refractivity contribution >= 4 is 21.7 Å². The lowest BCUT2D eigenvalue weighted by Crippen LogP contribution is -2.24. The summed E-state index contributed by atoms with van der Waals surface area (Å²) in [6, 6.07) is 6.02. The van der Waals surface area contributed by atoms with Crippen LogP contribution in [-0.4, -0.2) is 38.2 Å². The van der Waals surface area contributed by atoms with Gasteiger partial charge in [0.05, 0.1) is 11.0 Å². The molecule has 0 amide bonds. The first-order chi connectivity index (χ1) is 9.36. The molecule has 1 aliphatic heterocycles. The molecule has 1 fully saturated rings. The summed E-state index contributed by atoms with van der Waals surface area (Å²) in [7, 11) is -3.68. The smallest absolute Gasteiger partial charge is 0.332 e. The Balaban J connectivity index is 1.88. The maximum absolute atomic E-state index is 11.1. The molecule has 1 saturated heterocycles. The van der Waals surface area contributed by atoms with E-state index >= 15 is 0 Å². The second-order valence-corrected chi connectivity index (χ2v) is 6.17. The number of hydrogen-bond donors (Lipinski definition) is 3. The third-order valence-corrected chi connectivity index (χ3v) is 4.03. The van der Waals surface area contributed by atoms with Gasteiger partial charge in [-0.25, -0.2) is 18.4 Å². The lowest BCUT2D eigenvalue weighted by molar-refractivity contribution is -0.149. The molecule has 0 bridgehead atoms. The molecule has 2 rings (SSSR count). The van der Waals surface area contributed by atoms with E-state index in [2.05, 4.69) is 5.32 Å². The number of anilines is 1. The highest BCUT2D eigenvalue weighted by Crippen LogP contribution is 2.21. The molecule has 8 heteroatoms. The van der Waals surface area contributed by atoms with Crippen molar-refractivity contribution < 1.29 is 23.1 Å². The summed E-state index contributed by atoms with van der Waals surface area (Å²) in [4.78, 5) is 10.8. The van der Waals surface area contributed by atoms with Gasteiger partial charge in [0.15, 0.2) is 6.10 Å². The van der Waals surface area contributed by atoms with Gasteiger partial charge in [0, 0.05) is 12.2 Å². The summed E-state index contributed by atoms with van der Waals surface area (Å²) in [6.45, 7) is 0.471. The quantitative estimate of drug-likeness (QED) is 0.723. The standard InChI is InChI=1S/C12H16N2O5S/c13-20(17,18)10-4-1-8(2-5-10)14-7-9-3-6-11(19-9)12(15)16/h1-2,4-5,9,11,14H,3,6-7H2,(H,15,16)(H2,13,17,18). The zero-order chi connectivity index (χ0) is 14.8. The van der Waals surface area contributed by atoms with Crippen molar-refractivity contribution in [2.24, 2.45) is 5.14 Å². The minimum atomic E-state index is -3.68. The topological polar surface area (TPSA) is 119 Å². The molecule has 0 spiro atoms. The van der Waals surface area contributed by atoms with E-state index in [-0.39, 0.29) is 11.0 Å². The van der Waals surface area contributed by atoms with E-state index in [0.717, 1.165) is 5.69 Å². The number of nitrogens with one attached hydrogen (secondary N) is 1. The summed E-state index contributed by atoms with van der Waals surface area (Å²) in [5, 5.41) is 16.9. The maximum Gasteiger partial charge on any atom is 0.332 e. The first-order valence-corrected chi connectivity index (χ1v) is 7.66. The number of carboxylic acid groups (broad SMARTS) is 1. The molecule has 0 aliphatic carbocycles. The number of hydrogen-bond acceptors (Lipinski definition) is 5. The first-order valence-electron chi connectivity index (χ1n) is 6.11. The van der Waals surface area contributed by atoms with Gasteiger partial charge in [-0.15, -0.1) is 0 Å².